The van der Waals surface area contributed by atoms with Gasteiger partial charge in [0.05, 0.1) is 0 Å². The van der Waals surface area contributed by atoms with Crippen LogP contribution in [0.25, 0.3) is 0 Å². The summed E-state index contributed by atoms with van der Waals surface area (Å²) >= 11 is 0. The van der Waals surface area contributed by atoms with Crippen molar-refractivity contribution in [1.29, 1.82) is 0 Å². The van der Waals surface area contributed by atoms with E-state index in [-0.39, 0.29) is 6.04 Å². The van der Waals surface area contributed by atoms with Gasteiger partial charge in [-0.3, -0.25) is 14.3 Å². The fourth-order valence-electron chi connectivity index (χ4n) is 1.02. The fourth-order valence-corrected chi connectivity index (χ4v) is 1.87. The molecule has 0 aliphatic carbocycles. The van der Waals surface area contributed by atoms with Gasteiger partial charge in [-0.05, 0) is 13.8 Å². The van der Waals surface area contributed by atoms with E-state index < -0.39 is 25.2 Å². The van der Waals surface area contributed by atoms with E-state index in [1.807, 2.05) is 4.98 Å². The summed E-state index contributed by atoms with van der Waals surface area (Å²) in [5.74, 6) is 0. The number of aromatic amines is 1. The number of rotatable bonds is 2. The van der Waals surface area contributed by atoms with Crippen molar-refractivity contribution >= 4 is 19.7 Å². The lowest BCUT2D eigenvalue weighted by atomic mass is 10.4. The van der Waals surface area contributed by atoms with Gasteiger partial charge in [-0.25, -0.2) is 13.2 Å². The zero-order chi connectivity index (χ0) is 11.8. The smallest absolute Gasteiger partial charge is 0.297 e. The topological polar surface area (TPSA) is 89.0 Å². The lowest BCUT2D eigenvalue weighted by Crippen LogP contribution is -2.33. The zero-order valence-corrected chi connectivity index (χ0v) is 9.59. The molecule has 15 heavy (non-hydrogen) atoms. The first-order valence-electron chi connectivity index (χ1n) is 4.03. The van der Waals surface area contributed by atoms with E-state index in [0.29, 0.717) is 0 Å². The van der Waals surface area contributed by atoms with Crippen molar-refractivity contribution < 1.29 is 8.42 Å². The van der Waals surface area contributed by atoms with Gasteiger partial charge in [0.25, 0.3) is 14.6 Å². The first-order chi connectivity index (χ1) is 6.73. The Balaban J connectivity index is 3.66. The van der Waals surface area contributed by atoms with Crippen molar-refractivity contribution in [3.8, 4) is 0 Å². The molecule has 0 saturated heterocycles. The highest BCUT2D eigenvalue weighted by Gasteiger charge is 2.17. The Morgan fingerprint density at radius 2 is 1.93 bits per heavy atom. The highest BCUT2D eigenvalue weighted by atomic mass is 35.7. The Bertz CT molecular complexity index is 584. The molecule has 1 aromatic rings. The molecule has 1 heterocycles. The molecule has 0 fully saturated rings. The van der Waals surface area contributed by atoms with E-state index in [2.05, 4.69) is 0 Å². The van der Waals surface area contributed by atoms with Crippen molar-refractivity contribution in [2.45, 2.75) is 24.8 Å². The van der Waals surface area contributed by atoms with Crippen LogP contribution in [0.15, 0.2) is 20.7 Å². The summed E-state index contributed by atoms with van der Waals surface area (Å²) in [7, 11) is 0.892. The number of halogens is 1. The van der Waals surface area contributed by atoms with Crippen LogP contribution >= 0.6 is 10.7 Å². The van der Waals surface area contributed by atoms with Gasteiger partial charge in [0.1, 0.15) is 0 Å². The maximum atomic E-state index is 11.2. The quantitative estimate of drug-likeness (QED) is 0.753. The number of hydrogen-bond donors (Lipinski definition) is 1. The molecule has 0 atom stereocenters. The number of H-pyrrole nitrogens is 1. The molecular weight excluding hydrogens is 244 g/mol. The van der Waals surface area contributed by atoms with Gasteiger partial charge in [-0.2, -0.15) is 0 Å². The Labute approximate surface area is 89.9 Å². The Hall–Kier alpha value is -1.08. The van der Waals surface area contributed by atoms with Gasteiger partial charge in [0, 0.05) is 22.9 Å². The van der Waals surface area contributed by atoms with Crippen LogP contribution in [-0.2, 0) is 9.05 Å². The Morgan fingerprint density at radius 3 is 2.33 bits per heavy atom. The van der Waals surface area contributed by atoms with Crippen molar-refractivity contribution in [2.24, 2.45) is 0 Å². The second kappa shape index (κ2) is 3.82. The second-order valence-corrected chi connectivity index (χ2v) is 5.73. The van der Waals surface area contributed by atoms with Crippen LogP contribution in [-0.4, -0.2) is 18.0 Å². The summed E-state index contributed by atoms with van der Waals surface area (Å²) in [6, 6.07) is -0.272. The molecule has 1 N–H and O–H groups in total. The van der Waals surface area contributed by atoms with Crippen LogP contribution in [0, 0.1) is 0 Å². The van der Waals surface area contributed by atoms with Gasteiger partial charge < -0.3 is 0 Å². The minimum Gasteiger partial charge on any atom is -0.297 e. The number of nitrogens with one attached hydrogen (secondary N) is 1. The first kappa shape index (κ1) is 12.0. The summed E-state index contributed by atoms with van der Waals surface area (Å²) < 4.78 is 23.0. The van der Waals surface area contributed by atoms with Crippen molar-refractivity contribution in [1.82, 2.24) is 9.55 Å². The minimum atomic E-state index is -4.14. The third-order valence-corrected chi connectivity index (χ3v) is 3.07. The molecule has 84 valence electrons. The molecule has 0 spiro atoms. The van der Waals surface area contributed by atoms with E-state index in [9.17, 15) is 18.0 Å². The lowest BCUT2D eigenvalue weighted by Gasteiger charge is -2.08. The normalized spacial score (nSPS) is 12.0. The number of aromatic nitrogens is 2. The zero-order valence-electron chi connectivity index (χ0n) is 8.02. The SMILES string of the molecule is CC(C)n1cc(S(=O)(=O)Cl)c(=O)[nH]c1=O. The number of hydrogen-bond acceptors (Lipinski definition) is 4. The maximum absolute atomic E-state index is 11.2. The highest BCUT2D eigenvalue weighted by molar-refractivity contribution is 8.13. The summed E-state index contributed by atoms with van der Waals surface area (Å²) in [6.45, 7) is 3.34. The predicted molar refractivity (Wildman–Crippen MR) is 54.7 cm³/mol. The fraction of sp³-hybridized carbons (Fsp3) is 0.429. The largest absolute Gasteiger partial charge is 0.328 e. The van der Waals surface area contributed by atoms with Gasteiger partial charge in [-0.15, -0.1) is 0 Å². The second-order valence-electron chi connectivity index (χ2n) is 3.19. The van der Waals surface area contributed by atoms with E-state index in [4.69, 9.17) is 10.7 Å². The van der Waals surface area contributed by atoms with Crippen LogP contribution in [0.2, 0.25) is 0 Å². The molecule has 0 aliphatic heterocycles. The maximum Gasteiger partial charge on any atom is 0.328 e. The standard InChI is InChI=1S/C7H9ClN2O4S/c1-4(2)10-3-5(15(8,13)14)6(11)9-7(10)12/h3-4H,1-2H3,(H,9,11,12). The Morgan fingerprint density at radius 1 is 1.40 bits per heavy atom. The molecule has 1 rings (SSSR count). The van der Waals surface area contributed by atoms with Crippen LogP contribution in [0.3, 0.4) is 0 Å². The van der Waals surface area contributed by atoms with E-state index in [1.54, 1.807) is 13.8 Å². The molecule has 0 aromatic carbocycles. The molecule has 1 aromatic heterocycles. The Kier molecular flexibility index (Phi) is 3.05. The third kappa shape index (κ3) is 2.48. The number of nitrogens with zero attached hydrogens (tertiary/aromatic N) is 1. The third-order valence-electron chi connectivity index (χ3n) is 1.75. The molecule has 0 radical (unpaired) electrons. The van der Waals surface area contributed by atoms with E-state index in [1.165, 1.54) is 0 Å². The lowest BCUT2D eigenvalue weighted by molar-refractivity contribution is 0.547. The monoisotopic (exact) mass is 252 g/mol. The molecule has 0 aliphatic rings. The summed E-state index contributed by atoms with van der Waals surface area (Å²) in [6.07, 6.45) is 0.939. The predicted octanol–water partition coefficient (Wildman–Crippen LogP) is 0.0450. The van der Waals surface area contributed by atoms with Crippen molar-refractivity contribution in [3.05, 3.63) is 27.0 Å². The minimum absolute atomic E-state index is 0.272. The molecule has 8 heteroatoms. The van der Waals surface area contributed by atoms with E-state index in [0.717, 1.165) is 10.8 Å². The molecular formula is C7H9ClN2O4S. The summed E-state index contributed by atoms with van der Waals surface area (Å²) in [5.41, 5.74) is -1.68. The van der Waals surface area contributed by atoms with Crippen LogP contribution in [0.5, 0.6) is 0 Å². The summed E-state index contributed by atoms with van der Waals surface area (Å²) in [4.78, 5) is 23.6. The summed E-state index contributed by atoms with van der Waals surface area (Å²) in [5, 5.41) is 0. The average Bonchev–Trinajstić information content (AvgIpc) is 2.00. The molecule has 0 unspecified atom stereocenters. The van der Waals surface area contributed by atoms with Crippen molar-refractivity contribution in [3.63, 3.8) is 0 Å². The van der Waals surface area contributed by atoms with Gasteiger partial charge in [0.15, 0.2) is 4.90 Å². The van der Waals surface area contributed by atoms with Gasteiger partial charge in [-0.1, -0.05) is 0 Å². The van der Waals surface area contributed by atoms with Gasteiger partial charge >= 0.3 is 5.69 Å². The van der Waals surface area contributed by atoms with Crippen LogP contribution < -0.4 is 11.2 Å². The molecule has 0 bridgehead atoms. The molecule has 0 amide bonds. The van der Waals surface area contributed by atoms with E-state index >= 15 is 0 Å². The molecule has 0 saturated carbocycles. The average molecular weight is 253 g/mol. The van der Waals surface area contributed by atoms with Crippen molar-refractivity contribution in [2.75, 3.05) is 0 Å². The molecule has 6 nitrogen and oxygen atoms in total. The van der Waals surface area contributed by atoms with Crippen LogP contribution in [0.4, 0.5) is 0 Å². The first-order valence-corrected chi connectivity index (χ1v) is 6.34. The van der Waals surface area contributed by atoms with Gasteiger partial charge in [0.2, 0.25) is 0 Å². The highest BCUT2D eigenvalue weighted by Crippen LogP contribution is 2.09. The van der Waals surface area contributed by atoms with Crippen LogP contribution in [0.1, 0.15) is 19.9 Å².